The van der Waals surface area contributed by atoms with E-state index in [2.05, 4.69) is 24.3 Å². The molecule has 0 fully saturated rings. The molecular weight excluding hydrogens is 384 g/mol. The number of aromatic hydroxyl groups is 2. The molecular formula is C28H26O3. The monoisotopic (exact) mass is 410 g/mol. The van der Waals surface area contributed by atoms with Crippen LogP contribution in [0.15, 0.2) is 97.1 Å². The van der Waals surface area contributed by atoms with Gasteiger partial charge in [0.25, 0.3) is 0 Å². The summed E-state index contributed by atoms with van der Waals surface area (Å²) in [5.41, 5.74) is 4.83. The summed E-state index contributed by atoms with van der Waals surface area (Å²) in [6.07, 6.45) is 3.65. The molecule has 0 bridgehead atoms. The summed E-state index contributed by atoms with van der Waals surface area (Å²) in [5.74, 6) is 2.26. The van der Waals surface area contributed by atoms with Gasteiger partial charge in [-0.3, -0.25) is 0 Å². The fraction of sp³-hybridized carbons (Fsp3) is 0.143. The molecule has 0 atom stereocenters. The van der Waals surface area contributed by atoms with Crippen LogP contribution in [0.3, 0.4) is 0 Å². The Balaban J connectivity index is 1.36. The number of hydrogen-bond acceptors (Lipinski definition) is 3. The van der Waals surface area contributed by atoms with Gasteiger partial charge in [0.05, 0.1) is 0 Å². The predicted octanol–water partition coefficient (Wildman–Crippen LogP) is 6.46. The van der Waals surface area contributed by atoms with Crippen molar-refractivity contribution >= 4 is 0 Å². The third-order valence-corrected chi connectivity index (χ3v) is 5.31. The van der Waals surface area contributed by atoms with Crippen LogP contribution in [0.2, 0.25) is 0 Å². The van der Waals surface area contributed by atoms with Crippen molar-refractivity contribution in [2.75, 3.05) is 0 Å². The van der Waals surface area contributed by atoms with E-state index in [9.17, 15) is 10.2 Å². The van der Waals surface area contributed by atoms with Gasteiger partial charge >= 0.3 is 0 Å². The quantitative estimate of drug-likeness (QED) is 0.350. The molecule has 0 aliphatic carbocycles. The number of phenolic OH excluding ortho intramolecular Hbond substituents is 2. The van der Waals surface area contributed by atoms with Crippen molar-refractivity contribution in [2.24, 2.45) is 0 Å². The first-order chi connectivity index (χ1) is 15.1. The van der Waals surface area contributed by atoms with Crippen LogP contribution in [0, 0.1) is 0 Å². The summed E-state index contributed by atoms with van der Waals surface area (Å²) in [6.45, 7) is 0. The molecule has 0 amide bonds. The molecule has 0 aliphatic heterocycles. The third kappa shape index (κ3) is 6.13. The Labute approximate surface area is 183 Å². The highest BCUT2D eigenvalue weighted by atomic mass is 16.5. The lowest BCUT2D eigenvalue weighted by atomic mass is 10.0. The van der Waals surface area contributed by atoms with Gasteiger partial charge in [0, 0.05) is 0 Å². The molecule has 0 unspecified atom stereocenters. The van der Waals surface area contributed by atoms with Crippen molar-refractivity contribution in [3.8, 4) is 23.0 Å². The molecule has 0 spiro atoms. The van der Waals surface area contributed by atoms with Crippen LogP contribution in [-0.4, -0.2) is 10.2 Å². The van der Waals surface area contributed by atoms with Crippen molar-refractivity contribution < 1.29 is 14.9 Å². The van der Waals surface area contributed by atoms with Gasteiger partial charge in [0.2, 0.25) is 0 Å². The number of phenols is 2. The molecule has 4 aromatic rings. The summed E-state index contributed by atoms with van der Waals surface area (Å²) < 4.78 is 6.13. The topological polar surface area (TPSA) is 49.7 Å². The van der Waals surface area contributed by atoms with Crippen LogP contribution in [0.25, 0.3) is 0 Å². The smallest absolute Gasteiger partial charge is 0.127 e. The minimum Gasteiger partial charge on any atom is -0.508 e. The molecule has 0 saturated carbocycles. The number of ether oxygens (including phenoxy) is 1. The number of hydrogen-bond donors (Lipinski definition) is 2. The van der Waals surface area contributed by atoms with E-state index in [-0.39, 0.29) is 0 Å². The largest absolute Gasteiger partial charge is 0.508 e. The Hall–Kier alpha value is -3.72. The first kappa shape index (κ1) is 20.5. The Kier molecular flexibility index (Phi) is 6.53. The first-order valence-corrected chi connectivity index (χ1v) is 10.6. The third-order valence-electron chi connectivity index (χ3n) is 5.31. The Bertz CT molecular complexity index is 1020. The van der Waals surface area contributed by atoms with Crippen LogP contribution in [0.5, 0.6) is 23.0 Å². The normalized spacial score (nSPS) is 10.7. The predicted molar refractivity (Wildman–Crippen MR) is 124 cm³/mol. The highest BCUT2D eigenvalue weighted by Gasteiger charge is 2.03. The van der Waals surface area contributed by atoms with Crippen LogP contribution in [0.4, 0.5) is 0 Å². The first-order valence-electron chi connectivity index (χ1n) is 10.6. The number of rotatable bonds is 8. The molecule has 3 nitrogen and oxygen atoms in total. The zero-order chi connectivity index (χ0) is 21.5. The summed E-state index contributed by atoms with van der Waals surface area (Å²) in [4.78, 5) is 0. The highest BCUT2D eigenvalue weighted by Crippen LogP contribution is 2.24. The average Bonchev–Trinajstić information content (AvgIpc) is 2.79. The van der Waals surface area contributed by atoms with Gasteiger partial charge in [-0.25, -0.2) is 0 Å². The fourth-order valence-corrected chi connectivity index (χ4v) is 3.57. The van der Waals surface area contributed by atoms with Crippen molar-refractivity contribution in [3.63, 3.8) is 0 Å². The van der Waals surface area contributed by atoms with Gasteiger partial charge in [-0.05, 0) is 96.5 Å². The van der Waals surface area contributed by atoms with E-state index in [1.54, 1.807) is 24.3 Å². The standard InChI is InChI=1S/C28H26O3/c29-25-15-11-21(12-16-25)7-9-23-3-1-5-27(19-23)31-28-6-2-4-24(20-28)10-8-22-13-17-26(30)18-14-22/h1-6,11-20,29-30H,7-10H2. The maximum atomic E-state index is 9.41. The van der Waals surface area contributed by atoms with E-state index in [1.165, 1.54) is 22.3 Å². The van der Waals surface area contributed by atoms with Crippen LogP contribution >= 0.6 is 0 Å². The van der Waals surface area contributed by atoms with Crippen LogP contribution in [0.1, 0.15) is 22.3 Å². The lowest BCUT2D eigenvalue weighted by molar-refractivity contribution is 0.474. The summed E-state index contributed by atoms with van der Waals surface area (Å²) in [6, 6.07) is 31.1. The molecule has 31 heavy (non-hydrogen) atoms. The van der Waals surface area contributed by atoms with Gasteiger partial charge in [-0.2, -0.15) is 0 Å². The van der Waals surface area contributed by atoms with Gasteiger partial charge in [-0.15, -0.1) is 0 Å². The molecule has 3 heteroatoms. The van der Waals surface area contributed by atoms with Gasteiger partial charge < -0.3 is 14.9 Å². The van der Waals surface area contributed by atoms with E-state index >= 15 is 0 Å². The van der Waals surface area contributed by atoms with Crippen molar-refractivity contribution in [2.45, 2.75) is 25.7 Å². The molecule has 0 heterocycles. The van der Waals surface area contributed by atoms with Crippen LogP contribution in [-0.2, 0) is 25.7 Å². The Morgan fingerprint density at radius 3 is 1.26 bits per heavy atom. The zero-order valence-corrected chi connectivity index (χ0v) is 17.4. The zero-order valence-electron chi connectivity index (χ0n) is 17.4. The minimum atomic E-state index is 0.296. The molecule has 4 aromatic carbocycles. The van der Waals surface area contributed by atoms with E-state index in [0.29, 0.717) is 11.5 Å². The van der Waals surface area contributed by atoms with E-state index < -0.39 is 0 Å². The minimum absolute atomic E-state index is 0.296. The average molecular weight is 411 g/mol. The molecule has 0 radical (unpaired) electrons. The van der Waals surface area contributed by atoms with Gasteiger partial charge in [0.1, 0.15) is 23.0 Å². The van der Waals surface area contributed by atoms with Crippen LogP contribution < -0.4 is 4.74 Å². The Morgan fingerprint density at radius 2 is 0.839 bits per heavy atom. The molecule has 2 N–H and O–H groups in total. The SMILES string of the molecule is Oc1ccc(CCc2cccc(Oc3cccc(CCc4ccc(O)cc4)c3)c2)cc1. The molecule has 156 valence electrons. The van der Waals surface area contributed by atoms with Gasteiger partial charge in [-0.1, -0.05) is 48.5 Å². The molecule has 4 rings (SSSR count). The molecule has 0 aromatic heterocycles. The molecule has 0 aliphatic rings. The fourth-order valence-electron chi connectivity index (χ4n) is 3.57. The Morgan fingerprint density at radius 1 is 0.452 bits per heavy atom. The van der Waals surface area contributed by atoms with Gasteiger partial charge in [0.15, 0.2) is 0 Å². The summed E-state index contributed by atoms with van der Waals surface area (Å²) >= 11 is 0. The summed E-state index contributed by atoms with van der Waals surface area (Å²) in [7, 11) is 0. The molecule has 0 saturated heterocycles. The number of benzene rings is 4. The van der Waals surface area contributed by atoms with E-state index in [0.717, 1.165) is 37.2 Å². The number of aryl methyl sites for hydroxylation is 4. The second-order valence-corrected chi connectivity index (χ2v) is 7.73. The summed E-state index contributed by atoms with van der Waals surface area (Å²) in [5, 5.41) is 18.8. The second-order valence-electron chi connectivity index (χ2n) is 7.73. The highest BCUT2D eigenvalue weighted by molar-refractivity contribution is 5.37. The maximum Gasteiger partial charge on any atom is 0.127 e. The van der Waals surface area contributed by atoms with E-state index in [1.807, 2.05) is 48.5 Å². The second kappa shape index (κ2) is 9.86. The maximum absolute atomic E-state index is 9.41. The van der Waals surface area contributed by atoms with Crippen molar-refractivity contribution in [1.82, 2.24) is 0 Å². The lowest BCUT2D eigenvalue weighted by Crippen LogP contribution is -1.94. The van der Waals surface area contributed by atoms with E-state index in [4.69, 9.17) is 4.74 Å². The van der Waals surface area contributed by atoms with Crippen molar-refractivity contribution in [1.29, 1.82) is 0 Å². The lowest BCUT2D eigenvalue weighted by Gasteiger charge is -2.10. The van der Waals surface area contributed by atoms with Crippen molar-refractivity contribution in [3.05, 3.63) is 119 Å².